The highest BCUT2D eigenvalue weighted by Gasteiger charge is 2.09. The molecule has 24 heavy (non-hydrogen) atoms. The van der Waals surface area contributed by atoms with Crippen molar-refractivity contribution in [2.45, 2.75) is 6.42 Å². The second-order valence-electron chi connectivity index (χ2n) is 4.72. The minimum absolute atomic E-state index is 0.0776. The molecule has 0 radical (unpaired) electrons. The van der Waals surface area contributed by atoms with Crippen molar-refractivity contribution >= 4 is 55.6 Å². The Morgan fingerprint density at radius 3 is 2.33 bits per heavy atom. The van der Waals surface area contributed by atoms with Crippen LogP contribution in [-0.2, 0) is 9.59 Å². The molecule has 0 saturated carbocycles. The quantitative estimate of drug-likeness (QED) is 0.367. The number of hydrogen-bond acceptors (Lipinski definition) is 4. The first-order valence-corrected chi connectivity index (χ1v) is 8.39. The number of nitrogens with zero attached hydrogens (tertiary/aromatic N) is 1. The number of hydrogen-bond donors (Lipinski definition) is 3. The Kier molecular flexibility index (Phi) is 6.51. The fourth-order valence-electron chi connectivity index (χ4n) is 1.75. The maximum absolute atomic E-state index is 11.7. The minimum atomic E-state index is -0.531. The summed E-state index contributed by atoms with van der Waals surface area (Å²) in [5.41, 5.74) is 3.55. The van der Waals surface area contributed by atoms with E-state index in [1.807, 2.05) is 6.07 Å². The third-order valence-electron chi connectivity index (χ3n) is 2.82. The van der Waals surface area contributed by atoms with E-state index in [-0.39, 0.29) is 12.2 Å². The number of anilines is 1. The van der Waals surface area contributed by atoms with Gasteiger partial charge >= 0.3 is 0 Å². The van der Waals surface area contributed by atoms with Crippen molar-refractivity contribution in [3.63, 3.8) is 0 Å². The van der Waals surface area contributed by atoms with Gasteiger partial charge in [-0.3, -0.25) is 9.59 Å². The highest BCUT2D eigenvalue weighted by atomic mass is 79.9. The van der Waals surface area contributed by atoms with Crippen LogP contribution in [0.2, 0.25) is 0 Å². The van der Waals surface area contributed by atoms with Gasteiger partial charge in [0.05, 0.1) is 15.2 Å². The molecule has 0 bridgehead atoms. The van der Waals surface area contributed by atoms with Crippen LogP contribution in [0.25, 0.3) is 0 Å². The predicted octanol–water partition coefficient (Wildman–Crippen LogP) is 3.40. The molecule has 0 heterocycles. The minimum Gasteiger partial charge on any atom is -0.506 e. The Morgan fingerprint density at radius 1 is 1.08 bits per heavy atom. The number of carbonyl (C=O) groups excluding carboxylic acids is 2. The number of benzene rings is 2. The van der Waals surface area contributed by atoms with Gasteiger partial charge in [0.1, 0.15) is 12.2 Å². The molecule has 124 valence electrons. The van der Waals surface area contributed by atoms with Crippen LogP contribution in [-0.4, -0.2) is 23.1 Å². The molecule has 2 rings (SSSR count). The first kappa shape index (κ1) is 18.2. The molecule has 2 amide bonds. The SMILES string of the molecule is O=C(CC(=O)Nc1ccccc1)N/N=C/c1cc(Br)c(O)c(Br)c1. The van der Waals surface area contributed by atoms with Crippen LogP contribution in [0.15, 0.2) is 56.5 Å². The van der Waals surface area contributed by atoms with E-state index in [9.17, 15) is 14.7 Å². The lowest BCUT2D eigenvalue weighted by atomic mass is 10.2. The van der Waals surface area contributed by atoms with Gasteiger partial charge in [0, 0.05) is 5.69 Å². The fourth-order valence-corrected chi connectivity index (χ4v) is 2.97. The monoisotopic (exact) mass is 453 g/mol. The Bertz CT molecular complexity index is 756. The normalized spacial score (nSPS) is 10.6. The van der Waals surface area contributed by atoms with E-state index < -0.39 is 11.8 Å². The summed E-state index contributed by atoms with van der Waals surface area (Å²) < 4.78 is 0.985. The molecule has 8 heteroatoms. The predicted molar refractivity (Wildman–Crippen MR) is 98.9 cm³/mol. The summed E-state index contributed by atoms with van der Waals surface area (Å²) in [5.74, 6) is -0.880. The number of carbonyl (C=O) groups is 2. The molecule has 0 unspecified atom stereocenters. The molecule has 0 aliphatic heterocycles. The van der Waals surface area contributed by atoms with Crippen molar-refractivity contribution in [2.24, 2.45) is 5.10 Å². The number of aromatic hydroxyl groups is 1. The molecular formula is C16H13Br2N3O3. The first-order valence-electron chi connectivity index (χ1n) is 6.80. The van der Waals surface area contributed by atoms with E-state index in [4.69, 9.17) is 0 Å². The zero-order valence-electron chi connectivity index (χ0n) is 12.3. The zero-order valence-corrected chi connectivity index (χ0v) is 15.5. The van der Waals surface area contributed by atoms with Crippen molar-refractivity contribution in [3.05, 3.63) is 57.0 Å². The summed E-state index contributed by atoms with van der Waals surface area (Å²) in [6.07, 6.45) is 1.07. The van der Waals surface area contributed by atoms with Crippen LogP contribution in [0.4, 0.5) is 5.69 Å². The summed E-state index contributed by atoms with van der Waals surface area (Å²) in [4.78, 5) is 23.4. The second-order valence-corrected chi connectivity index (χ2v) is 6.43. The number of hydrazone groups is 1. The van der Waals surface area contributed by atoms with Gasteiger partial charge in [-0.2, -0.15) is 5.10 Å². The summed E-state index contributed by atoms with van der Waals surface area (Å²) in [5, 5.41) is 16.0. The van der Waals surface area contributed by atoms with Crippen LogP contribution in [0, 0.1) is 0 Å². The van der Waals surface area contributed by atoms with Crippen LogP contribution in [0.3, 0.4) is 0 Å². The van der Waals surface area contributed by atoms with Crippen LogP contribution in [0.1, 0.15) is 12.0 Å². The van der Waals surface area contributed by atoms with E-state index in [2.05, 4.69) is 47.7 Å². The second kappa shape index (κ2) is 8.60. The number of amides is 2. The Labute approximate surface area is 155 Å². The smallest absolute Gasteiger partial charge is 0.249 e. The van der Waals surface area contributed by atoms with E-state index >= 15 is 0 Å². The lowest BCUT2D eigenvalue weighted by Crippen LogP contribution is -2.24. The van der Waals surface area contributed by atoms with Crippen molar-refractivity contribution in [3.8, 4) is 5.75 Å². The third kappa shape index (κ3) is 5.47. The Morgan fingerprint density at radius 2 is 1.71 bits per heavy atom. The highest BCUT2D eigenvalue weighted by Crippen LogP contribution is 2.32. The first-order chi connectivity index (χ1) is 11.5. The average Bonchev–Trinajstić information content (AvgIpc) is 2.53. The molecule has 2 aromatic rings. The molecule has 0 saturated heterocycles. The molecule has 6 nitrogen and oxygen atoms in total. The summed E-state index contributed by atoms with van der Waals surface area (Å²) in [6.45, 7) is 0. The standard InChI is InChI=1S/C16H13Br2N3O3/c17-12-6-10(7-13(18)16(12)24)9-19-21-15(23)8-14(22)20-11-4-2-1-3-5-11/h1-7,9,24H,8H2,(H,20,22)(H,21,23)/b19-9+. The lowest BCUT2D eigenvalue weighted by Gasteiger charge is -2.04. The van der Waals surface area contributed by atoms with Crippen molar-refractivity contribution < 1.29 is 14.7 Å². The van der Waals surface area contributed by atoms with E-state index in [1.54, 1.807) is 36.4 Å². The largest absolute Gasteiger partial charge is 0.506 e. The van der Waals surface area contributed by atoms with E-state index in [0.29, 0.717) is 20.2 Å². The lowest BCUT2D eigenvalue weighted by molar-refractivity contribution is -0.126. The molecular weight excluding hydrogens is 442 g/mol. The van der Waals surface area contributed by atoms with Gasteiger partial charge in [0.2, 0.25) is 11.8 Å². The molecule has 2 aromatic carbocycles. The maximum atomic E-state index is 11.7. The highest BCUT2D eigenvalue weighted by molar-refractivity contribution is 9.11. The van der Waals surface area contributed by atoms with Crippen molar-refractivity contribution in [1.29, 1.82) is 0 Å². The van der Waals surface area contributed by atoms with Gasteiger partial charge in [0.25, 0.3) is 0 Å². The Hall–Kier alpha value is -2.19. The molecule has 3 N–H and O–H groups in total. The summed E-state index contributed by atoms with van der Waals surface area (Å²) in [7, 11) is 0. The fraction of sp³-hybridized carbons (Fsp3) is 0.0625. The van der Waals surface area contributed by atoms with Crippen molar-refractivity contribution in [2.75, 3.05) is 5.32 Å². The molecule has 0 aromatic heterocycles. The van der Waals surface area contributed by atoms with Crippen LogP contribution in [0.5, 0.6) is 5.75 Å². The number of halogens is 2. The van der Waals surface area contributed by atoms with Gasteiger partial charge in [0.15, 0.2) is 0 Å². The maximum Gasteiger partial charge on any atom is 0.249 e. The summed E-state index contributed by atoms with van der Waals surface area (Å²) in [6, 6.07) is 12.1. The Balaban J connectivity index is 1.85. The topological polar surface area (TPSA) is 90.8 Å². The number of phenols is 1. The molecule has 0 aliphatic carbocycles. The third-order valence-corrected chi connectivity index (χ3v) is 4.03. The summed E-state index contributed by atoms with van der Waals surface area (Å²) >= 11 is 6.40. The molecule has 0 aliphatic rings. The van der Waals surface area contributed by atoms with Gasteiger partial charge in [-0.15, -0.1) is 0 Å². The van der Waals surface area contributed by atoms with Crippen LogP contribution < -0.4 is 10.7 Å². The van der Waals surface area contributed by atoms with Crippen molar-refractivity contribution in [1.82, 2.24) is 5.43 Å². The van der Waals surface area contributed by atoms with E-state index in [1.165, 1.54) is 6.21 Å². The molecule has 0 fully saturated rings. The van der Waals surface area contributed by atoms with Gasteiger partial charge in [-0.05, 0) is 61.7 Å². The zero-order chi connectivity index (χ0) is 17.5. The number of rotatable bonds is 5. The van der Waals surface area contributed by atoms with Gasteiger partial charge in [-0.1, -0.05) is 18.2 Å². The number of phenolic OH excluding ortho intramolecular Hbond substituents is 1. The number of para-hydroxylation sites is 1. The average molecular weight is 455 g/mol. The van der Waals surface area contributed by atoms with E-state index in [0.717, 1.165) is 0 Å². The van der Waals surface area contributed by atoms with Gasteiger partial charge in [-0.25, -0.2) is 5.43 Å². The van der Waals surface area contributed by atoms with Gasteiger partial charge < -0.3 is 10.4 Å². The van der Waals surface area contributed by atoms with Crippen LogP contribution >= 0.6 is 31.9 Å². The molecule has 0 spiro atoms. The number of nitrogens with one attached hydrogen (secondary N) is 2. The molecule has 0 atom stereocenters.